The number of hydrogen-bond donors (Lipinski definition) is 2. The third kappa shape index (κ3) is 6.06. The Kier molecular flexibility index (Phi) is 8.27. The van der Waals surface area contributed by atoms with Crippen LogP contribution in [0.5, 0.6) is 0 Å². The highest BCUT2D eigenvalue weighted by molar-refractivity contribution is 7.89. The zero-order valence-electron chi connectivity index (χ0n) is 27.1. The van der Waals surface area contributed by atoms with Gasteiger partial charge in [0.2, 0.25) is 11.9 Å². The van der Waals surface area contributed by atoms with E-state index in [1.165, 1.54) is 26.3 Å². The van der Waals surface area contributed by atoms with Gasteiger partial charge in [-0.2, -0.15) is 4.31 Å². The first kappa shape index (κ1) is 32.5. The van der Waals surface area contributed by atoms with Gasteiger partial charge < -0.3 is 10.4 Å². The number of nitrogens with one attached hydrogen (secondary N) is 1. The van der Waals surface area contributed by atoms with Gasteiger partial charge in [-0.15, -0.1) is 0 Å². The first-order chi connectivity index (χ1) is 22.2. The summed E-state index contributed by atoms with van der Waals surface area (Å²) in [6.07, 6.45) is 7.20. The molecule has 2 N–H and O–H groups in total. The number of benzene rings is 2. The van der Waals surface area contributed by atoms with Crippen molar-refractivity contribution < 1.29 is 23.1 Å². The van der Waals surface area contributed by atoms with Crippen molar-refractivity contribution in [3.8, 4) is 11.1 Å². The van der Waals surface area contributed by atoms with Crippen LogP contribution in [0.1, 0.15) is 50.3 Å². The van der Waals surface area contributed by atoms with Crippen molar-refractivity contribution in [2.75, 3.05) is 18.0 Å². The fraction of sp³-hybridized carbons (Fsp3) is 0.382. The lowest BCUT2D eigenvalue weighted by Gasteiger charge is -2.29. The molecule has 6 rings (SSSR count). The molecule has 12 nitrogen and oxygen atoms in total. The number of hydrogen-bond acceptors (Lipinski definition) is 8. The molecule has 1 saturated heterocycles. The Morgan fingerprint density at radius 3 is 2.34 bits per heavy atom. The van der Waals surface area contributed by atoms with E-state index in [1.807, 2.05) is 56.3 Å². The van der Waals surface area contributed by atoms with Crippen molar-refractivity contribution in [3.63, 3.8) is 0 Å². The third-order valence-electron chi connectivity index (χ3n) is 8.70. The molecule has 0 radical (unpaired) electrons. The highest BCUT2D eigenvalue weighted by atomic mass is 32.2. The van der Waals surface area contributed by atoms with Crippen LogP contribution in [0.2, 0.25) is 0 Å². The number of aromatic nitrogens is 4. The summed E-state index contributed by atoms with van der Waals surface area (Å²) in [6.45, 7) is 8.86. The summed E-state index contributed by atoms with van der Waals surface area (Å²) in [7, 11) is -4.30. The predicted molar refractivity (Wildman–Crippen MR) is 176 cm³/mol. The van der Waals surface area contributed by atoms with Gasteiger partial charge >= 0.3 is 0 Å². The van der Waals surface area contributed by atoms with E-state index in [0.717, 1.165) is 27.8 Å². The first-order valence-electron chi connectivity index (χ1n) is 15.6. The monoisotopic (exact) mass is 657 g/mol. The summed E-state index contributed by atoms with van der Waals surface area (Å²) in [5.41, 5.74) is 2.53. The molecule has 4 heterocycles. The molecule has 0 saturated carbocycles. The first-order valence-corrected chi connectivity index (χ1v) is 17.0. The number of carbonyl (C=O) groups is 2. The van der Waals surface area contributed by atoms with Crippen molar-refractivity contribution in [1.82, 2.24) is 29.1 Å². The molecule has 0 aliphatic carbocycles. The number of carbonyl (C=O) groups excluding carboxylic acids is 2. The Morgan fingerprint density at radius 2 is 1.70 bits per heavy atom. The summed E-state index contributed by atoms with van der Waals surface area (Å²) in [6, 6.07) is 12.5. The molecule has 2 aromatic heterocycles. The van der Waals surface area contributed by atoms with Gasteiger partial charge in [0.05, 0.1) is 17.5 Å². The molecular formula is C34H39N7O5S. The van der Waals surface area contributed by atoms with Crippen molar-refractivity contribution in [2.45, 2.75) is 76.1 Å². The highest BCUT2D eigenvalue weighted by Gasteiger charge is 2.53. The van der Waals surface area contributed by atoms with Crippen LogP contribution in [0.3, 0.4) is 0 Å². The predicted octanol–water partition coefficient (Wildman–Crippen LogP) is 3.63. The second kappa shape index (κ2) is 12.0. The van der Waals surface area contributed by atoms with E-state index in [-0.39, 0.29) is 36.4 Å². The van der Waals surface area contributed by atoms with E-state index in [9.17, 15) is 23.1 Å². The lowest BCUT2D eigenvalue weighted by molar-refractivity contribution is -0.125. The van der Waals surface area contributed by atoms with Crippen LogP contribution < -0.4 is 10.2 Å². The van der Waals surface area contributed by atoms with Crippen LogP contribution in [-0.4, -0.2) is 73.9 Å². The number of aryl methyl sites for hydroxylation is 2. The zero-order valence-corrected chi connectivity index (χ0v) is 28.0. The molecule has 2 aromatic carbocycles. The van der Waals surface area contributed by atoms with Gasteiger partial charge in [0, 0.05) is 37.5 Å². The average molecular weight is 658 g/mol. The summed E-state index contributed by atoms with van der Waals surface area (Å²) in [5.74, 6) is -0.598. The van der Waals surface area contributed by atoms with Crippen molar-refractivity contribution >= 4 is 33.5 Å². The molecule has 13 heteroatoms. The highest BCUT2D eigenvalue weighted by Crippen LogP contribution is 2.45. The smallest absolute Gasteiger partial charge is 0.261 e. The molecule has 4 aromatic rings. The maximum Gasteiger partial charge on any atom is 0.261 e. The minimum absolute atomic E-state index is 0.0220. The SMILES string of the molecule is Cc1cc(C)cc(N2C(=O)[C@@](C)(Cc3ccc(-c4cncnc4)cc3)n3c(S(=O)(=O)N4CCC[C@H]4C(=O)NCC(C)(C)O)cnc32)c1. The second-order valence-electron chi connectivity index (χ2n) is 13.3. The lowest BCUT2D eigenvalue weighted by Crippen LogP contribution is -2.49. The van der Waals surface area contributed by atoms with Gasteiger partial charge in [-0.25, -0.2) is 28.3 Å². The number of sulfonamides is 1. The summed E-state index contributed by atoms with van der Waals surface area (Å²) >= 11 is 0. The fourth-order valence-electron chi connectivity index (χ4n) is 6.52. The number of imidazole rings is 1. The molecule has 47 heavy (non-hydrogen) atoms. The van der Waals surface area contributed by atoms with Crippen LogP contribution in [0.4, 0.5) is 11.6 Å². The Hall–Kier alpha value is -4.46. The average Bonchev–Trinajstić information content (AvgIpc) is 3.73. The van der Waals surface area contributed by atoms with Gasteiger partial charge in [-0.1, -0.05) is 30.3 Å². The fourth-order valence-corrected chi connectivity index (χ4v) is 8.36. The van der Waals surface area contributed by atoms with Crippen molar-refractivity contribution in [1.29, 1.82) is 0 Å². The van der Waals surface area contributed by atoms with Crippen LogP contribution in [-0.2, 0) is 31.6 Å². The van der Waals surface area contributed by atoms with E-state index in [0.29, 0.717) is 18.5 Å². The van der Waals surface area contributed by atoms with E-state index >= 15 is 0 Å². The van der Waals surface area contributed by atoms with Crippen LogP contribution >= 0.6 is 0 Å². The summed E-state index contributed by atoms with van der Waals surface area (Å²) in [4.78, 5) is 42.0. The van der Waals surface area contributed by atoms with Gasteiger partial charge in [0.25, 0.3) is 15.9 Å². The molecule has 0 spiro atoms. The Bertz CT molecular complexity index is 1920. The largest absolute Gasteiger partial charge is 0.389 e. The molecule has 2 amide bonds. The third-order valence-corrected chi connectivity index (χ3v) is 10.6. The van der Waals surface area contributed by atoms with Crippen LogP contribution in [0.15, 0.2) is 72.4 Å². The minimum atomic E-state index is -4.30. The summed E-state index contributed by atoms with van der Waals surface area (Å²) in [5, 5.41) is 12.7. The topological polar surface area (TPSA) is 151 Å². The number of nitrogens with zero attached hydrogens (tertiary/aromatic N) is 6. The molecule has 0 unspecified atom stereocenters. The number of amides is 2. The molecule has 246 valence electrons. The quantitative estimate of drug-likeness (QED) is 0.277. The summed E-state index contributed by atoms with van der Waals surface area (Å²) < 4.78 is 31.6. The maximum atomic E-state index is 14.6. The standard InChI is InChI=1S/C34H39N7O5S/c1-22-13-23(2)15-27(14-22)40-31(43)34(5,16-24-8-10-25(11-9-24)26-17-35-21-36-18-26)41-29(19-37-32(40)41)47(45,46)39-12-6-7-28(39)30(42)38-20-33(3,4)44/h8-11,13-15,17-19,21,28,44H,6-7,12,16,20H2,1-5H3,(H,38,42)/t28-,34+/m0/s1. The number of fused-ring (bicyclic) bond motifs is 1. The molecule has 1 fully saturated rings. The molecule has 2 aliphatic rings. The molecule has 0 bridgehead atoms. The maximum absolute atomic E-state index is 14.6. The minimum Gasteiger partial charge on any atom is -0.389 e. The number of rotatable bonds is 9. The molecule has 2 aliphatic heterocycles. The number of anilines is 2. The van der Waals surface area contributed by atoms with Crippen LogP contribution in [0.25, 0.3) is 11.1 Å². The van der Waals surface area contributed by atoms with E-state index in [4.69, 9.17) is 0 Å². The Balaban J connectivity index is 1.42. The normalized spacial score (nSPS) is 20.1. The second-order valence-corrected chi connectivity index (χ2v) is 15.1. The lowest BCUT2D eigenvalue weighted by atomic mass is 9.91. The van der Waals surface area contributed by atoms with Crippen molar-refractivity contribution in [3.05, 3.63) is 84.1 Å². The van der Waals surface area contributed by atoms with E-state index in [1.54, 1.807) is 33.2 Å². The van der Waals surface area contributed by atoms with Gasteiger partial charge in [-0.05, 0) is 81.8 Å². The molecular weight excluding hydrogens is 618 g/mol. The van der Waals surface area contributed by atoms with Crippen LogP contribution in [0, 0.1) is 13.8 Å². The Morgan fingerprint density at radius 1 is 1.04 bits per heavy atom. The van der Waals surface area contributed by atoms with E-state index < -0.39 is 33.1 Å². The Labute approximate surface area is 274 Å². The van der Waals surface area contributed by atoms with Gasteiger partial charge in [0.1, 0.15) is 17.9 Å². The van der Waals surface area contributed by atoms with Gasteiger partial charge in [0.15, 0.2) is 5.03 Å². The zero-order chi connectivity index (χ0) is 33.7. The van der Waals surface area contributed by atoms with E-state index in [2.05, 4.69) is 20.3 Å². The molecule has 2 atom stereocenters. The van der Waals surface area contributed by atoms with Gasteiger partial charge in [-0.3, -0.25) is 14.2 Å². The van der Waals surface area contributed by atoms with Crippen molar-refractivity contribution in [2.24, 2.45) is 0 Å². The number of aliphatic hydroxyl groups is 1.